The van der Waals surface area contributed by atoms with Crippen molar-refractivity contribution < 1.29 is 18.7 Å². The van der Waals surface area contributed by atoms with Crippen LogP contribution in [0.5, 0.6) is 0 Å². The Morgan fingerprint density at radius 2 is 1.80 bits per heavy atom. The second-order valence-electron chi connectivity index (χ2n) is 7.04. The Labute approximate surface area is 174 Å². The Hall–Kier alpha value is -3.48. The van der Waals surface area contributed by atoms with E-state index in [4.69, 9.17) is 4.74 Å². The third kappa shape index (κ3) is 5.76. The lowest BCUT2D eigenvalue weighted by molar-refractivity contribution is -0.155. The minimum atomic E-state index is -0.924. The van der Waals surface area contributed by atoms with Gasteiger partial charge >= 0.3 is 5.97 Å². The highest BCUT2D eigenvalue weighted by atomic mass is 19.1. The molecule has 0 bridgehead atoms. The number of rotatable bonds is 8. The largest absolute Gasteiger partial charge is 0.453 e. The van der Waals surface area contributed by atoms with Crippen molar-refractivity contribution in [1.29, 1.82) is 0 Å². The molecule has 3 rings (SSSR count). The zero-order chi connectivity index (χ0) is 21.5. The molecule has 3 aromatic rings. The lowest BCUT2D eigenvalue weighted by atomic mass is 10.1. The average Bonchev–Trinajstić information content (AvgIpc) is 3.22. The van der Waals surface area contributed by atoms with Gasteiger partial charge in [0.15, 0.2) is 6.10 Å². The molecule has 0 saturated carbocycles. The van der Waals surface area contributed by atoms with E-state index in [0.29, 0.717) is 6.42 Å². The number of aromatic nitrogens is 2. The molecule has 2 aromatic carbocycles. The van der Waals surface area contributed by atoms with Crippen LogP contribution in [0, 0.1) is 5.82 Å². The van der Waals surface area contributed by atoms with Crippen LogP contribution in [0.3, 0.4) is 0 Å². The fraction of sp³-hybridized carbons (Fsp3) is 0.261. The average molecular weight is 409 g/mol. The quantitative estimate of drug-likeness (QED) is 0.575. The zero-order valence-electron chi connectivity index (χ0n) is 16.9. The van der Waals surface area contributed by atoms with Gasteiger partial charge < -0.3 is 10.1 Å². The highest BCUT2D eigenvalue weighted by Gasteiger charge is 2.20. The molecule has 0 aliphatic rings. The van der Waals surface area contributed by atoms with E-state index in [1.165, 1.54) is 19.1 Å². The maximum Gasteiger partial charge on any atom is 0.306 e. The monoisotopic (exact) mass is 409 g/mol. The summed E-state index contributed by atoms with van der Waals surface area (Å²) in [6, 6.07) is 15.2. The van der Waals surface area contributed by atoms with E-state index in [9.17, 15) is 14.0 Å². The SMILES string of the molecule is CC(OC(=O)CCc1cnn(-c2ccccc2)c1)C(=O)NC(C)c1ccc(F)cc1. The van der Waals surface area contributed by atoms with Gasteiger partial charge in [-0.2, -0.15) is 5.10 Å². The fourth-order valence-electron chi connectivity index (χ4n) is 2.93. The molecule has 0 radical (unpaired) electrons. The first-order chi connectivity index (χ1) is 14.4. The van der Waals surface area contributed by atoms with Crippen molar-refractivity contribution >= 4 is 11.9 Å². The van der Waals surface area contributed by atoms with Gasteiger partial charge in [-0.25, -0.2) is 9.07 Å². The van der Waals surface area contributed by atoms with Crippen LogP contribution in [0.4, 0.5) is 4.39 Å². The van der Waals surface area contributed by atoms with E-state index in [1.807, 2.05) is 36.5 Å². The summed E-state index contributed by atoms with van der Waals surface area (Å²) in [5.74, 6) is -1.20. The maximum atomic E-state index is 13.0. The highest BCUT2D eigenvalue weighted by molar-refractivity contribution is 5.83. The van der Waals surface area contributed by atoms with Gasteiger partial charge in [0.25, 0.3) is 5.91 Å². The fourth-order valence-corrected chi connectivity index (χ4v) is 2.93. The molecule has 0 aliphatic heterocycles. The van der Waals surface area contributed by atoms with Crippen LogP contribution in [-0.4, -0.2) is 27.8 Å². The molecule has 0 saturated heterocycles. The van der Waals surface area contributed by atoms with Crippen molar-refractivity contribution in [1.82, 2.24) is 15.1 Å². The molecular formula is C23H24FN3O3. The van der Waals surface area contributed by atoms with Gasteiger partial charge in [-0.1, -0.05) is 30.3 Å². The van der Waals surface area contributed by atoms with Crippen LogP contribution >= 0.6 is 0 Å². The minimum Gasteiger partial charge on any atom is -0.453 e. The smallest absolute Gasteiger partial charge is 0.306 e. The molecule has 7 heteroatoms. The highest BCUT2D eigenvalue weighted by Crippen LogP contribution is 2.14. The van der Waals surface area contributed by atoms with Crippen molar-refractivity contribution in [2.24, 2.45) is 0 Å². The Morgan fingerprint density at radius 3 is 2.50 bits per heavy atom. The summed E-state index contributed by atoms with van der Waals surface area (Å²) in [7, 11) is 0. The number of carbonyl (C=O) groups is 2. The molecule has 1 heterocycles. The van der Waals surface area contributed by atoms with Crippen LogP contribution in [0.2, 0.25) is 0 Å². The summed E-state index contributed by atoms with van der Waals surface area (Å²) in [5.41, 5.74) is 2.60. The number of carbonyl (C=O) groups excluding carboxylic acids is 2. The Morgan fingerprint density at radius 1 is 1.10 bits per heavy atom. The van der Waals surface area contributed by atoms with Gasteiger partial charge in [0, 0.05) is 12.6 Å². The topological polar surface area (TPSA) is 73.2 Å². The van der Waals surface area contributed by atoms with E-state index in [0.717, 1.165) is 16.8 Å². The second kappa shape index (κ2) is 9.82. The van der Waals surface area contributed by atoms with Crippen molar-refractivity contribution in [3.05, 3.63) is 83.9 Å². The molecule has 0 spiro atoms. The van der Waals surface area contributed by atoms with E-state index in [-0.39, 0.29) is 18.3 Å². The molecular weight excluding hydrogens is 385 g/mol. The third-order valence-corrected chi connectivity index (χ3v) is 4.68. The molecule has 30 heavy (non-hydrogen) atoms. The summed E-state index contributed by atoms with van der Waals surface area (Å²) in [6.07, 6.45) is 3.26. The normalized spacial score (nSPS) is 12.8. The summed E-state index contributed by atoms with van der Waals surface area (Å²) in [4.78, 5) is 24.4. The number of hydrogen-bond acceptors (Lipinski definition) is 4. The van der Waals surface area contributed by atoms with Crippen LogP contribution in [0.15, 0.2) is 67.0 Å². The van der Waals surface area contributed by atoms with E-state index >= 15 is 0 Å². The number of hydrogen-bond donors (Lipinski definition) is 1. The Kier molecular flexibility index (Phi) is 6.95. The summed E-state index contributed by atoms with van der Waals surface area (Å²) in [5, 5.41) is 7.06. The van der Waals surface area contributed by atoms with Crippen LogP contribution in [0.25, 0.3) is 5.69 Å². The zero-order valence-corrected chi connectivity index (χ0v) is 16.9. The number of nitrogens with one attached hydrogen (secondary N) is 1. The van der Waals surface area contributed by atoms with E-state index in [2.05, 4.69) is 10.4 Å². The molecule has 0 fully saturated rings. The maximum absolute atomic E-state index is 13.0. The summed E-state index contributed by atoms with van der Waals surface area (Å²) in [6.45, 7) is 3.31. The van der Waals surface area contributed by atoms with E-state index in [1.54, 1.807) is 29.9 Å². The minimum absolute atomic E-state index is 0.144. The van der Waals surface area contributed by atoms with Crippen LogP contribution in [-0.2, 0) is 20.7 Å². The van der Waals surface area contributed by atoms with E-state index < -0.39 is 18.0 Å². The predicted octanol–water partition coefficient (Wildman–Crippen LogP) is 3.75. The number of nitrogens with zero attached hydrogens (tertiary/aromatic N) is 2. The molecule has 2 unspecified atom stereocenters. The van der Waals surface area contributed by atoms with Gasteiger partial charge in [0.2, 0.25) is 0 Å². The molecule has 1 N–H and O–H groups in total. The predicted molar refractivity (Wildman–Crippen MR) is 110 cm³/mol. The van der Waals surface area contributed by atoms with Crippen molar-refractivity contribution in [2.45, 2.75) is 38.8 Å². The number of esters is 1. The molecule has 2 atom stereocenters. The first-order valence-corrected chi connectivity index (χ1v) is 9.76. The summed E-state index contributed by atoms with van der Waals surface area (Å²) < 4.78 is 20.0. The number of amides is 1. The standard InChI is InChI=1S/C23H24FN3O3/c1-16(19-9-11-20(24)12-10-19)26-23(29)17(2)30-22(28)13-8-18-14-25-27(15-18)21-6-4-3-5-7-21/h3-7,9-12,14-17H,8,13H2,1-2H3,(H,26,29). The van der Waals surface area contributed by atoms with Crippen molar-refractivity contribution in [3.8, 4) is 5.69 Å². The molecule has 1 aromatic heterocycles. The molecule has 6 nitrogen and oxygen atoms in total. The molecule has 1 amide bonds. The van der Waals surface area contributed by atoms with Gasteiger partial charge in [0.05, 0.1) is 17.9 Å². The Balaban J connectivity index is 1.45. The molecule has 0 aliphatic carbocycles. The number of benzene rings is 2. The second-order valence-corrected chi connectivity index (χ2v) is 7.04. The van der Waals surface area contributed by atoms with Crippen molar-refractivity contribution in [2.75, 3.05) is 0 Å². The number of para-hydroxylation sites is 1. The molecule has 156 valence electrons. The first kappa shape index (κ1) is 21.2. The lowest BCUT2D eigenvalue weighted by Crippen LogP contribution is -2.37. The number of halogens is 1. The Bertz CT molecular complexity index is 986. The van der Waals surface area contributed by atoms with Gasteiger partial charge in [-0.05, 0) is 55.7 Å². The van der Waals surface area contributed by atoms with Gasteiger partial charge in [-0.15, -0.1) is 0 Å². The first-order valence-electron chi connectivity index (χ1n) is 9.76. The summed E-state index contributed by atoms with van der Waals surface area (Å²) >= 11 is 0. The van der Waals surface area contributed by atoms with Crippen LogP contribution in [0.1, 0.15) is 37.4 Å². The number of aryl methyl sites for hydroxylation is 1. The lowest BCUT2D eigenvalue weighted by Gasteiger charge is -2.18. The van der Waals surface area contributed by atoms with Gasteiger partial charge in [-0.3, -0.25) is 9.59 Å². The van der Waals surface area contributed by atoms with Gasteiger partial charge in [0.1, 0.15) is 5.82 Å². The third-order valence-electron chi connectivity index (χ3n) is 4.68. The van der Waals surface area contributed by atoms with Crippen LogP contribution < -0.4 is 5.32 Å². The number of ether oxygens (including phenoxy) is 1. The van der Waals surface area contributed by atoms with Crippen molar-refractivity contribution in [3.63, 3.8) is 0 Å².